The highest BCUT2D eigenvalue weighted by Crippen LogP contribution is 2.39. The predicted octanol–water partition coefficient (Wildman–Crippen LogP) is 3.82. The fourth-order valence-corrected chi connectivity index (χ4v) is 2.80. The predicted molar refractivity (Wildman–Crippen MR) is 104 cm³/mol. The molecule has 9 heteroatoms. The summed E-state index contributed by atoms with van der Waals surface area (Å²) in [5.74, 6) is 1.99. The molecule has 140 valence electrons. The van der Waals surface area contributed by atoms with Crippen LogP contribution in [0.3, 0.4) is 0 Å². The number of nitrogens with one attached hydrogen (secondary N) is 2. The molecule has 0 saturated carbocycles. The Balaban J connectivity index is 1.97. The van der Waals surface area contributed by atoms with Gasteiger partial charge in [0, 0.05) is 6.07 Å². The summed E-state index contributed by atoms with van der Waals surface area (Å²) in [6, 6.07) is 6.80. The Morgan fingerprint density at radius 2 is 1.74 bits per heavy atom. The van der Waals surface area contributed by atoms with Crippen LogP contribution in [0.4, 0.5) is 0 Å². The first-order chi connectivity index (χ1) is 12.9. The number of H-pyrrole nitrogens is 2. The second-order valence-corrected chi connectivity index (χ2v) is 6.14. The summed E-state index contributed by atoms with van der Waals surface area (Å²) in [5, 5.41) is 0.291. The number of rotatable bonds is 5. The lowest BCUT2D eigenvalue weighted by Gasteiger charge is -2.10. The van der Waals surface area contributed by atoms with Gasteiger partial charge in [0.1, 0.15) is 28.0 Å². The maximum Gasteiger partial charge on any atom is 0.326 e. The van der Waals surface area contributed by atoms with E-state index in [4.69, 9.17) is 37.1 Å². The molecule has 0 aliphatic carbocycles. The summed E-state index contributed by atoms with van der Waals surface area (Å²) >= 11 is 12.0. The number of furan rings is 1. The molecule has 2 N–H and O–H groups in total. The van der Waals surface area contributed by atoms with Gasteiger partial charge in [-0.3, -0.25) is 9.78 Å². The SMILES string of the molecule is COc1cc(-c2ccc(/C=C/c3[nH]c(=O)[nH]c(=O)c3Cl)o2)c(OC)cc1Cl. The normalized spacial score (nSPS) is 11.1. The molecule has 27 heavy (non-hydrogen) atoms. The number of ether oxygens (including phenoxy) is 2. The molecule has 0 aliphatic rings. The first kappa shape index (κ1) is 18.9. The van der Waals surface area contributed by atoms with Gasteiger partial charge in [-0.25, -0.2) is 4.79 Å². The number of halogens is 2. The van der Waals surface area contributed by atoms with Gasteiger partial charge in [0.05, 0.1) is 30.5 Å². The Kier molecular flexibility index (Phi) is 5.43. The third-order valence-electron chi connectivity index (χ3n) is 3.69. The van der Waals surface area contributed by atoms with E-state index in [1.807, 2.05) is 4.98 Å². The van der Waals surface area contributed by atoms with Gasteiger partial charge in [-0.15, -0.1) is 0 Å². The van der Waals surface area contributed by atoms with Crippen LogP contribution in [0.1, 0.15) is 11.5 Å². The molecule has 0 spiro atoms. The lowest BCUT2D eigenvalue weighted by atomic mass is 10.1. The van der Waals surface area contributed by atoms with E-state index in [2.05, 4.69) is 4.98 Å². The molecule has 0 unspecified atom stereocenters. The lowest BCUT2D eigenvalue weighted by molar-refractivity contribution is 0.403. The molecular formula is C18H14Cl2N2O5. The van der Waals surface area contributed by atoms with Crippen LogP contribution in [0.5, 0.6) is 11.5 Å². The zero-order valence-corrected chi connectivity index (χ0v) is 15.8. The van der Waals surface area contributed by atoms with Crippen molar-refractivity contribution in [2.45, 2.75) is 0 Å². The van der Waals surface area contributed by atoms with Crippen LogP contribution in [0.25, 0.3) is 23.5 Å². The van der Waals surface area contributed by atoms with Crippen LogP contribution in [0.15, 0.2) is 38.3 Å². The molecule has 2 heterocycles. The Bertz CT molecular complexity index is 1130. The highest BCUT2D eigenvalue weighted by molar-refractivity contribution is 6.32. The van der Waals surface area contributed by atoms with Crippen LogP contribution in [0.2, 0.25) is 10.0 Å². The Morgan fingerprint density at radius 1 is 1.00 bits per heavy atom. The number of methoxy groups -OCH3 is 2. The van der Waals surface area contributed by atoms with Gasteiger partial charge in [-0.1, -0.05) is 23.2 Å². The van der Waals surface area contributed by atoms with Crippen molar-refractivity contribution in [3.8, 4) is 22.8 Å². The molecule has 0 fully saturated rings. The van der Waals surface area contributed by atoms with E-state index < -0.39 is 11.2 Å². The maximum atomic E-state index is 11.5. The molecule has 2 aromatic heterocycles. The second kappa shape index (κ2) is 7.77. The van der Waals surface area contributed by atoms with E-state index in [0.717, 1.165) is 0 Å². The van der Waals surface area contributed by atoms with Crippen molar-refractivity contribution in [2.75, 3.05) is 14.2 Å². The monoisotopic (exact) mass is 408 g/mol. The largest absolute Gasteiger partial charge is 0.496 e. The van der Waals surface area contributed by atoms with Crippen LogP contribution in [0, 0.1) is 0 Å². The van der Waals surface area contributed by atoms with Gasteiger partial charge >= 0.3 is 5.69 Å². The second-order valence-electron chi connectivity index (χ2n) is 5.36. The number of benzene rings is 1. The summed E-state index contributed by atoms with van der Waals surface area (Å²) in [6.07, 6.45) is 3.04. The average Bonchev–Trinajstić information content (AvgIpc) is 3.11. The zero-order chi connectivity index (χ0) is 19.6. The Morgan fingerprint density at radius 3 is 2.44 bits per heavy atom. The highest BCUT2D eigenvalue weighted by atomic mass is 35.5. The minimum atomic E-state index is -0.668. The van der Waals surface area contributed by atoms with E-state index in [1.165, 1.54) is 20.3 Å². The first-order valence-electron chi connectivity index (χ1n) is 7.65. The van der Waals surface area contributed by atoms with Crippen molar-refractivity contribution in [3.05, 3.63) is 66.6 Å². The lowest BCUT2D eigenvalue weighted by Crippen LogP contribution is -2.23. The van der Waals surface area contributed by atoms with Crippen molar-refractivity contribution in [1.82, 2.24) is 9.97 Å². The minimum Gasteiger partial charge on any atom is -0.496 e. The number of hydrogen-bond acceptors (Lipinski definition) is 5. The van der Waals surface area contributed by atoms with Gasteiger partial charge in [-0.2, -0.15) is 0 Å². The van der Waals surface area contributed by atoms with Gasteiger partial charge in [-0.05, 0) is 30.4 Å². The Hall–Kier alpha value is -2.90. The molecule has 0 radical (unpaired) electrons. The topological polar surface area (TPSA) is 97.3 Å². The molecule has 1 aromatic carbocycles. The van der Waals surface area contributed by atoms with E-state index in [0.29, 0.717) is 33.6 Å². The average molecular weight is 409 g/mol. The van der Waals surface area contributed by atoms with Gasteiger partial charge in [0.25, 0.3) is 5.56 Å². The summed E-state index contributed by atoms with van der Waals surface area (Å²) in [4.78, 5) is 27.4. The van der Waals surface area contributed by atoms with Crippen LogP contribution in [-0.2, 0) is 0 Å². The van der Waals surface area contributed by atoms with Crippen molar-refractivity contribution < 1.29 is 13.9 Å². The molecule has 7 nitrogen and oxygen atoms in total. The van der Waals surface area contributed by atoms with Crippen LogP contribution >= 0.6 is 23.2 Å². The number of hydrogen-bond donors (Lipinski definition) is 2. The molecular weight excluding hydrogens is 395 g/mol. The molecule has 0 saturated heterocycles. The molecule has 0 aliphatic heterocycles. The number of aromatic amines is 2. The smallest absolute Gasteiger partial charge is 0.326 e. The van der Waals surface area contributed by atoms with Crippen molar-refractivity contribution in [3.63, 3.8) is 0 Å². The fraction of sp³-hybridized carbons (Fsp3) is 0.111. The van der Waals surface area contributed by atoms with Gasteiger partial charge < -0.3 is 18.9 Å². The van der Waals surface area contributed by atoms with E-state index >= 15 is 0 Å². The zero-order valence-electron chi connectivity index (χ0n) is 14.3. The minimum absolute atomic E-state index is 0.123. The number of aromatic nitrogens is 2. The first-order valence-corrected chi connectivity index (χ1v) is 8.40. The van der Waals surface area contributed by atoms with Crippen molar-refractivity contribution in [1.29, 1.82) is 0 Å². The molecule has 3 rings (SSSR count). The molecule has 0 bridgehead atoms. The summed E-state index contributed by atoms with van der Waals surface area (Å²) in [6.45, 7) is 0. The van der Waals surface area contributed by atoms with Crippen molar-refractivity contribution in [2.24, 2.45) is 0 Å². The van der Waals surface area contributed by atoms with E-state index in [9.17, 15) is 9.59 Å². The fourth-order valence-electron chi connectivity index (χ4n) is 2.41. The summed E-state index contributed by atoms with van der Waals surface area (Å²) < 4.78 is 16.4. The summed E-state index contributed by atoms with van der Waals surface area (Å²) in [7, 11) is 3.04. The van der Waals surface area contributed by atoms with Crippen LogP contribution in [-0.4, -0.2) is 24.2 Å². The van der Waals surface area contributed by atoms with Crippen LogP contribution < -0.4 is 20.7 Å². The van der Waals surface area contributed by atoms with E-state index in [-0.39, 0.29) is 10.7 Å². The van der Waals surface area contributed by atoms with Gasteiger partial charge in [0.15, 0.2) is 0 Å². The standard InChI is InChI=1S/C18H14Cl2N2O5/c1-25-14-8-11(19)15(26-2)7-10(14)13-6-4-9(27-13)3-5-12-16(20)17(23)22-18(24)21-12/h3-8H,1-2H3,(H2,21,22,23,24)/b5-3+. The third kappa shape index (κ3) is 3.94. The molecule has 0 atom stereocenters. The molecule has 0 amide bonds. The quantitative estimate of drug-likeness (QED) is 0.668. The Labute approximate surface area is 163 Å². The summed E-state index contributed by atoms with van der Waals surface area (Å²) in [5.41, 5.74) is -0.490. The van der Waals surface area contributed by atoms with Gasteiger partial charge in [0.2, 0.25) is 0 Å². The molecule has 3 aromatic rings. The van der Waals surface area contributed by atoms with E-state index in [1.54, 1.807) is 30.3 Å². The highest BCUT2D eigenvalue weighted by Gasteiger charge is 2.14. The van der Waals surface area contributed by atoms with Crippen molar-refractivity contribution >= 4 is 35.4 Å². The maximum absolute atomic E-state index is 11.5. The third-order valence-corrected chi connectivity index (χ3v) is 4.36.